The molecular formula is C38H33NO4. The minimum absolute atomic E-state index is 0.179. The molecule has 0 saturated carbocycles. The standard InChI is InChI=1S/C38H33NO4/c1-24(2)37(40)42-22-26-8-16-31(17-9-26)39(32-18-10-27(11-19-32)23-43-38(41)25(3)4)34-21-15-30-13-12-28-6-5-7-29-14-20-33(34)36(30)35(28)29/h5-11,13-14,16-21H,1,3,12,15,22-23H2,2,4H3. The van der Waals surface area contributed by atoms with E-state index in [1.165, 1.54) is 33.0 Å². The van der Waals surface area contributed by atoms with E-state index >= 15 is 0 Å². The highest BCUT2D eigenvalue weighted by molar-refractivity contribution is 6.06. The number of nitrogens with zero attached hydrogens (tertiary/aromatic N) is 1. The molecule has 4 aromatic rings. The number of carbonyl (C=O) groups excluding carboxylic acids is 2. The van der Waals surface area contributed by atoms with Crippen LogP contribution in [0.2, 0.25) is 0 Å². The summed E-state index contributed by atoms with van der Waals surface area (Å²) in [5, 5.41) is 2.60. The first-order valence-electron chi connectivity index (χ1n) is 14.4. The van der Waals surface area contributed by atoms with Crippen molar-refractivity contribution in [2.24, 2.45) is 0 Å². The van der Waals surface area contributed by atoms with Gasteiger partial charge in [0.2, 0.25) is 0 Å². The molecule has 0 radical (unpaired) electrons. The summed E-state index contributed by atoms with van der Waals surface area (Å²) >= 11 is 0. The SMILES string of the molecule is C=C(C)C(=O)OCc1ccc(N(C2=CCC3=CCc4cccc5ccc2c3c45)c2ccc(COC(=O)C(=C)C)cc2)cc1. The number of benzene rings is 4. The average Bonchev–Trinajstić information content (AvgIpc) is 3.03. The molecule has 43 heavy (non-hydrogen) atoms. The molecule has 0 spiro atoms. The van der Waals surface area contributed by atoms with Gasteiger partial charge in [0.1, 0.15) is 13.2 Å². The van der Waals surface area contributed by atoms with Crippen LogP contribution in [0.15, 0.2) is 115 Å². The van der Waals surface area contributed by atoms with Crippen LogP contribution in [0.25, 0.3) is 22.0 Å². The van der Waals surface area contributed by atoms with Crippen molar-refractivity contribution in [3.8, 4) is 0 Å². The van der Waals surface area contributed by atoms with E-state index < -0.39 is 11.9 Å². The molecule has 0 aromatic heterocycles. The van der Waals surface area contributed by atoms with Crippen molar-refractivity contribution in [1.29, 1.82) is 0 Å². The van der Waals surface area contributed by atoms with Crippen LogP contribution < -0.4 is 4.90 Å². The van der Waals surface area contributed by atoms with Gasteiger partial charge in [-0.3, -0.25) is 0 Å². The second-order valence-corrected chi connectivity index (χ2v) is 11.1. The molecule has 0 aliphatic heterocycles. The molecule has 5 nitrogen and oxygen atoms in total. The molecule has 0 N–H and O–H groups in total. The number of anilines is 2. The number of carbonyl (C=O) groups is 2. The van der Waals surface area contributed by atoms with Crippen molar-refractivity contribution in [1.82, 2.24) is 0 Å². The lowest BCUT2D eigenvalue weighted by Crippen LogP contribution is -2.19. The Bertz CT molecular complexity index is 1770. The van der Waals surface area contributed by atoms with Crippen LogP contribution in [-0.2, 0) is 38.7 Å². The second-order valence-electron chi connectivity index (χ2n) is 11.1. The maximum Gasteiger partial charge on any atom is 0.333 e. The third-order valence-corrected chi connectivity index (χ3v) is 7.88. The van der Waals surface area contributed by atoms with Crippen LogP contribution in [0, 0.1) is 0 Å². The van der Waals surface area contributed by atoms with Crippen LogP contribution >= 0.6 is 0 Å². The van der Waals surface area contributed by atoms with E-state index in [0.717, 1.165) is 41.0 Å². The number of rotatable bonds is 9. The van der Waals surface area contributed by atoms with E-state index in [1.807, 2.05) is 24.3 Å². The van der Waals surface area contributed by atoms with Gasteiger partial charge in [-0.15, -0.1) is 0 Å². The normalized spacial score (nSPS) is 13.1. The second kappa shape index (κ2) is 11.6. The van der Waals surface area contributed by atoms with Gasteiger partial charge in [-0.25, -0.2) is 9.59 Å². The zero-order valence-corrected chi connectivity index (χ0v) is 24.5. The van der Waals surface area contributed by atoms with Crippen LogP contribution in [0.5, 0.6) is 0 Å². The minimum Gasteiger partial charge on any atom is -0.457 e. The van der Waals surface area contributed by atoms with E-state index in [1.54, 1.807) is 13.8 Å². The minimum atomic E-state index is -0.402. The van der Waals surface area contributed by atoms with Crippen molar-refractivity contribution >= 4 is 45.4 Å². The summed E-state index contributed by atoms with van der Waals surface area (Å²) in [4.78, 5) is 26.1. The monoisotopic (exact) mass is 567 g/mol. The number of esters is 2. The lowest BCUT2D eigenvalue weighted by atomic mass is 9.80. The first-order chi connectivity index (χ1) is 20.8. The Labute approximate surface area is 252 Å². The number of hydrogen-bond donors (Lipinski definition) is 0. The van der Waals surface area contributed by atoms with Gasteiger partial charge in [0.05, 0.1) is 5.70 Å². The Morgan fingerprint density at radius 1 is 0.721 bits per heavy atom. The van der Waals surface area contributed by atoms with Crippen LogP contribution in [-0.4, -0.2) is 11.9 Å². The van der Waals surface area contributed by atoms with Crippen LogP contribution in [0.3, 0.4) is 0 Å². The van der Waals surface area contributed by atoms with Crippen LogP contribution in [0.1, 0.15) is 48.1 Å². The third-order valence-electron chi connectivity index (χ3n) is 7.88. The zero-order valence-electron chi connectivity index (χ0n) is 24.5. The summed E-state index contributed by atoms with van der Waals surface area (Å²) in [5.74, 6) is -0.804. The molecule has 2 aliphatic rings. The molecule has 0 saturated heterocycles. The van der Waals surface area contributed by atoms with Gasteiger partial charge in [-0.05, 0) is 89.6 Å². The molecular weight excluding hydrogens is 534 g/mol. The summed E-state index contributed by atoms with van der Waals surface area (Å²) in [5.41, 5.74) is 10.8. The van der Waals surface area contributed by atoms with Gasteiger partial charge in [0, 0.05) is 28.1 Å². The van der Waals surface area contributed by atoms with Crippen molar-refractivity contribution in [3.05, 3.63) is 143 Å². The van der Waals surface area contributed by atoms with E-state index in [2.05, 4.69) is 84.8 Å². The van der Waals surface area contributed by atoms with Crippen molar-refractivity contribution < 1.29 is 19.1 Å². The molecule has 0 bridgehead atoms. The molecule has 0 amide bonds. The Balaban J connectivity index is 1.39. The largest absolute Gasteiger partial charge is 0.457 e. The number of hydrogen-bond acceptors (Lipinski definition) is 5. The summed E-state index contributed by atoms with van der Waals surface area (Å²) in [6.45, 7) is 10.9. The fourth-order valence-electron chi connectivity index (χ4n) is 5.67. The molecule has 214 valence electrons. The maximum absolute atomic E-state index is 11.9. The van der Waals surface area contributed by atoms with E-state index in [4.69, 9.17) is 9.47 Å². The van der Waals surface area contributed by atoms with Crippen molar-refractivity contribution in [2.45, 2.75) is 39.9 Å². The Hall–Kier alpha value is -5.16. The summed E-state index contributed by atoms with van der Waals surface area (Å²) < 4.78 is 10.7. The van der Waals surface area contributed by atoms with E-state index in [0.29, 0.717) is 11.1 Å². The Kier molecular flexibility index (Phi) is 7.56. The average molecular weight is 568 g/mol. The maximum atomic E-state index is 11.9. The van der Waals surface area contributed by atoms with Crippen molar-refractivity contribution in [3.63, 3.8) is 0 Å². The Morgan fingerprint density at radius 3 is 1.86 bits per heavy atom. The first-order valence-corrected chi connectivity index (χ1v) is 14.4. The van der Waals surface area contributed by atoms with Gasteiger partial charge >= 0.3 is 11.9 Å². The van der Waals surface area contributed by atoms with E-state index in [9.17, 15) is 9.59 Å². The quantitative estimate of drug-likeness (QED) is 0.150. The molecule has 5 heteroatoms. The number of allylic oxidation sites excluding steroid dienone is 3. The van der Waals surface area contributed by atoms with Crippen molar-refractivity contribution in [2.75, 3.05) is 4.90 Å². The van der Waals surface area contributed by atoms with E-state index in [-0.39, 0.29) is 13.2 Å². The zero-order chi connectivity index (χ0) is 30.1. The van der Waals surface area contributed by atoms with Gasteiger partial charge in [-0.1, -0.05) is 79.9 Å². The molecule has 2 aliphatic carbocycles. The summed E-state index contributed by atoms with van der Waals surface area (Å²) in [6.07, 6.45) is 6.46. The molecule has 0 fully saturated rings. The molecule has 6 rings (SSSR count). The molecule has 4 aromatic carbocycles. The highest BCUT2D eigenvalue weighted by atomic mass is 16.5. The topological polar surface area (TPSA) is 55.8 Å². The van der Waals surface area contributed by atoms with Gasteiger partial charge in [-0.2, -0.15) is 0 Å². The summed E-state index contributed by atoms with van der Waals surface area (Å²) in [6, 6.07) is 27.1. The fraction of sp³-hybridized carbons (Fsp3) is 0.158. The molecule has 0 atom stereocenters. The lowest BCUT2D eigenvalue weighted by Gasteiger charge is -2.34. The fourth-order valence-corrected chi connectivity index (χ4v) is 5.67. The third kappa shape index (κ3) is 5.54. The smallest absolute Gasteiger partial charge is 0.333 e. The highest BCUT2D eigenvalue weighted by Gasteiger charge is 2.27. The summed E-state index contributed by atoms with van der Waals surface area (Å²) in [7, 11) is 0. The molecule has 0 heterocycles. The predicted molar refractivity (Wildman–Crippen MR) is 172 cm³/mol. The molecule has 0 unspecified atom stereocenters. The van der Waals surface area contributed by atoms with Crippen LogP contribution in [0.4, 0.5) is 11.4 Å². The van der Waals surface area contributed by atoms with Gasteiger partial charge in [0.15, 0.2) is 0 Å². The Morgan fingerprint density at radius 2 is 1.30 bits per heavy atom. The number of ether oxygens (including phenoxy) is 2. The highest BCUT2D eigenvalue weighted by Crippen LogP contribution is 2.46. The van der Waals surface area contributed by atoms with Gasteiger partial charge < -0.3 is 14.4 Å². The van der Waals surface area contributed by atoms with Gasteiger partial charge in [0.25, 0.3) is 0 Å². The first kappa shape index (κ1) is 28.0. The lowest BCUT2D eigenvalue weighted by molar-refractivity contribution is -0.141. The predicted octanol–water partition coefficient (Wildman–Crippen LogP) is 8.60.